The molecule has 0 aromatic heterocycles. The summed E-state index contributed by atoms with van der Waals surface area (Å²) in [5, 5.41) is 9.28. The van der Waals surface area contributed by atoms with Crippen LogP contribution in [0.1, 0.15) is 11.1 Å². The van der Waals surface area contributed by atoms with Crippen LogP contribution in [0.25, 0.3) is 11.1 Å². The molecule has 0 saturated carbocycles. The van der Waals surface area contributed by atoms with E-state index in [4.69, 9.17) is 4.74 Å². The Morgan fingerprint density at radius 3 is 2.20 bits per heavy atom. The van der Waals surface area contributed by atoms with Crippen LogP contribution in [0.4, 0.5) is 13.2 Å². The van der Waals surface area contributed by atoms with Gasteiger partial charge in [-0.3, -0.25) is 0 Å². The number of benzene rings is 2. The van der Waals surface area contributed by atoms with Crippen molar-refractivity contribution in [2.75, 3.05) is 7.11 Å². The lowest BCUT2D eigenvalue weighted by Crippen LogP contribution is -2.06. The number of alkyl halides is 3. The number of rotatable bonds is 3. The van der Waals surface area contributed by atoms with Crippen molar-refractivity contribution in [2.45, 2.75) is 12.8 Å². The van der Waals surface area contributed by atoms with Gasteiger partial charge in [0.25, 0.3) is 0 Å². The molecule has 0 aliphatic rings. The first-order valence-electron chi connectivity index (χ1n) is 5.91. The fourth-order valence-electron chi connectivity index (χ4n) is 1.95. The maximum absolute atomic E-state index is 12.6. The van der Waals surface area contributed by atoms with Gasteiger partial charge in [-0.05, 0) is 41.0 Å². The second-order valence-corrected chi connectivity index (χ2v) is 4.26. The molecule has 2 nitrogen and oxygen atoms in total. The molecule has 0 unspecified atom stereocenters. The van der Waals surface area contributed by atoms with E-state index in [9.17, 15) is 18.3 Å². The van der Waals surface area contributed by atoms with Crippen LogP contribution in [0.2, 0.25) is 0 Å². The highest BCUT2D eigenvalue weighted by molar-refractivity contribution is 5.68. The minimum absolute atomic E-state index is 0.241. The molecule has 0 atom stereocenters. The molecular weight excluding hydrogens is 269 g/mol. The molecule has 0 aliphatic carbocycles. The summed E-state index contributed by atoms with van der Waals surface area (Å²) in [6.45, 7) is -0.453. The van der Waals surface area contributed by atoms with E-state index in [-0.39, 0.29) is 5.56 Å². The molecule has 0 radical (unpaired) electrons. The molecule has 0 spiro atoms. The van der Waals surface area contributed by atoms with E-state index in [1.807, 2.05) is 0 Å². The highest BCUT2D eigenvalue weighted by Crippen LogP contribution is 2.33. The molecule has 0 fully saturated rings. The standard InChI is InChI=1S/C15H13F3O2/c1-20-13-5-2-10(3-6-13)14-7-4-12(15(16,17)18)8-11(14)9-19/h2-8,19H,9H2,1H3. The highest BCUT2D eigenvalue weighted by atomic mass is 19.4. The minimum atomic E-state index is -4.41. The summed E-state index contributed by atoms with van der Waals surface area (Å²) in [4.78, 5) is 0. The van der Waals surface area contributed by atoms with Gasteiger partial charge in [0.05, 0.1) is 19.3 Å². The normalized spacial score (nSPS) is 11.4. The molecular formula is C15H13F3O2. The van der Waals surface area contributed by atoms with E-state index >= 15 is 0 Å². The average molecular weight is 282 g/mol. The predicted molar refractivity (Wildman–Crippen MR) is 69.4 cm³/mol. The molecule has 0 saturated heterocycles. The summed E-state index contributed by atoms with van der Waals surface area (Å²) in [7, 11) is 1.53. The van der Waals surface area contributed by atoms with E-state index in [2.05, 4.69) is 0 Å². The Hall–Kier alpha value is -2.01. The number of ether oxygens (including phenoxy) is 1. The van der Waals surface area contributed by atoms with Crippen LogP contribution in [0, 0.1) is 0 Å². The van der Waals surface area contributed by atoms with Crippen molar-refractivity contribution in [1.29, 1.82) is 0 Å². The largest absolute Gasteiger partial charge is 0.497 e. The van der Waals surface area contributed by atoms with Gasteiger partial charge in [-0.25, -0.2) is 0 Å². The Morgan fingerprint density at radius 2 is 1.70 bits per heavy atom. The van der Waals surface area contributed by atoms with Crippen molar-refractivity contribution in [3.8, 4) is 16.9 Å². The van der Waals surface area contributed by atoms with E-state index in [1.54, 1.807) is 24.3 Å². The van der Waals surface area contributed by atoms with Gasteiger partial charge in [-0.1, -0.05) is 18.2 Å². The maximum Gasteiger partial charge on any atom is 0.416 e. The van der Waals surface area contributed by atoms with Gasteiger partial charge in [-0.2, -0.15) is 13.2 Å². The van der Waals surface area contributed by atoms with Crippen molar-refractivity contribution >= 4 is 0 Å². The van der Waals surface area contributed by atoms with Crippen molar-refractivity contribution in [1.82, 2.24) is 0 Å². The van der Waals surface area contributed by atoms with Gasteiger partial charge in [0.15, 0.2) is 0 Å². The zero-order chi connectivity index (χ0) is 14.8. The molecule has 2 aromatic carbocycles. The summed E-state index contributed by atoms with van der Waals surface area (Å²) in [5.41, 5.74) is 0.774. The minimum Gasteiger partial charge on any atom is -0.497 e. The Bertz CT molecular complexity index is 589. The summed E-state index contributed by atoms with van der Waals surface area (Å²) in [6, 6.07) is 10.3. The molecule has 2 aromatic rings. The van der Waals surface area contributed by atoms with Gasteiger partial charge in [0.2, 0.25) is 0 Å². The monoisotopic (exact) mass is 282 g/mol. The predicted octanol–water partition coefficient (Wildman–Crippen LogP) is 3.87. The third kappa shape index (κ3) is 2.93. The second-order valence-electron chi connectivity index (χ2n) is 4.26. The summed E-state index contributed by atoms with van der Waals surface area (Å²) < 4.78 is 42.9. The van der Waals surface area contributed by atoms with Gasteiger partial charge >= 0.3 is 6.18 Å². The average Bonchev–Trinajstić information content (AvgIpc) is 2.45. The highest BCUT2D eigenvalue weighted by Gasteiger charge is 2.30. The quantitative estimate of drug-likeness (QED) is 0.926. The van der Waals surface area contributed by atoms with E-state index < -0.39 is 18.3 Å². The van der Waals surface area contributed by atoms with Crippen molar-refractivity contribution < 1.29 is 23.0 Å². The molecule has 106 valence electrons. The smallest absolute Gasteiger partial charge is 0.416 e. The Morgan fingerprint density at radius 1 is 1.05 bits per heavy atom. The molecule has 0 aliphatic heterocycles. The zero-order valence-electron chi connectivity index (χ0n) is 10.7. The van der Waals surface area contributed by atoms with Gasteiger partial charge in [0, 0.05) is 0 Å². The fraction of sp³-hybridized carbons (Fsp3) is 0.200. The van der Waals surface area contributed by atoms with Crippen molar-refractivity contribution in [2.24, 2.45) is 0 Å². The molecule has 0 heterocycles. The first kappa shape index (κ1) is 14.4. The van der Waals surface area contributed by atoms with Crippen LogP contribution in [-0.2, 0) is 12.8 Å². The van der Waals surface area contributed by atoms with Crippen LogP contribution in [-0.4, -0.2) is 12.2 Å². The number of aliphatic hydroxyl groups is 1. The van der Waals surface area contributed by atoms with Crippen molar-refractivity contribution in [3.05, 3.63) is 53.6 Å². The lowest BCUT2D eigenvalue weighted by molar-refractivity contribution is -0.137. The number of hydrogen-bond donors (Lipinski definition) is 1. The Kier molecular flexibility index (Phi) is 3.99. The SMILES string of the molecule is COc1ccc(-c2ccc(C(F)(F)F)cc2CO)cc1. The topological polar surface area (TPSA) is 29.5 Å². The van der Waals surface area contributed by atoms with E-state index in [1.165, 1.54) is 13.2 Å². The van der Waals surface area contributed by atoms with Gasteiger partial charge in [-0.15, -0.1) is 0 Å². The van der Waals surface area contributed by atoms with Crippen LogP contribution in [0.15, 0.2) is 42.5 Å². The number of aliphatic hydroxyl groups excluding tert-OH is 1. The van der Waals surface area contributed by atoms with Crippen LogP contribution >= 0.6 is 0 Å². The second kappa shape index (κ2) is 5.54. The Balaban J connectivity index is 2.45. The lowest BCUT2D eigenvalue weighted by Gasteiger charge is -2.12. The van der Waals surface area contributed by atoms with Crippen molar-refractivity contribution in [3.63, 3.8) is 0 Å². The molecule has 0 bridgehead atoms. The number of methoxy groups -OCH3 is 1. The van der Waals surface area contributed by atoms with E-state index in [0.717, 1.165) is 17.7 Å². The van der Waals surface area contributed by atoms with Gasteiger partial charge < -0.3 is 9.84 Å². The summed E-state index contributed by atoms with van der Waals surface area (Å²) in [5.74, 6) is 0.659. The molecule has 0 amide bonds. The Labute approximate surface area is 114 Å². The van der Waals surface area contributed by atoms with E-state index in [0.29, 0.717) is 11.3 Å². The third-order valence-corrected chi connectivity index (χ3v) is 3.00. The van der Waals surface area contributed by atoms with Crippen LogP contribution in [0.5, 0.6) is 5.75 Å². The van der Waals surface area contributed by atoms with Crippen LogP contribution < -0.4 is 4.74 Å². The zero-order valence-corrected chi connectivity index (χ0v) is 10.7. The molecule has 1 N–H and O–H groups in total. The summed E-state index contributed by atoms with van der Waals surface area (Å²) in [6.07, 6.45) is -4.41. The first-order valence-corrected chi connectivity index (χ1v) is 5.91. The number of hydrogen-bond acceptors (Lipinski definition) is 2. The summed E-state index contributed by atoms with van der Waals surface area (Å²) >= 11 is 0. The number of halogens is 3. The van der Waals surface area contributed by atoms with Crippen LogP contribution in [0.3, 0.4) is 0 Å². The molecule has 20 heavy (non-hydrogen) atoms. The van der Waals surface area contributed by atoms with Gasteiger partial charge in [0.1, 0.15) is 5.75 Å². The fourth-order valence-corrected chi connectivity index (χ4v) is 1.95. The molecule has 5 heteroatoms. The lowest BCUT2D eigenvalue weighted by atomic mass is 9.97. The molecule has 2 rings (SSSR count). The first-order chi connectivity index (χ1) is 9.45. The maximum atomic E-state index is 12.6. The third-order valence-electron chi connectivity index (χ3n) is 3.00.